The van der Waals surface area contributed by atoms with E-state index in [1.54, 1.807) is 6.07 Å². The van der Waals surface area contributed by atoms with Crippen LogP contribution in [0.15, 0.2) is 24.4 Å². The smallest absolute Gasteiger partial charge is 0.353 e. The van der Waals surface area contributed by atoms with E-state index >= 15 is 0 Å². The fraction of sp³-hybridized carbons (Fsp3) is 0.429. The molecule has 0 radical (unpaired) electrons. The third kappa shape index (κ3) is 5.42. The summed E-state index contributed by atoms with van der Waals surface area (Å²) in [5, 5.41) is 3.36. The van der Waals surface area contributed by atoms with E-state index in [9.17, 15) is 18.0 Å². The molecule has 0 saturated carbocycles. The predicted molar refractivity (Wildman–Crippen MR) is 117 cm³/mol. The first-order valence-corrected chi connectivity index (χ1v) is 10.5. The van der Waals surface area contributed by atoms with Crippen molar-refractivity contribution in [1.29, 1.82) is 0 Å². The van der Waals surface area contributed by atoms with E-state index in [1.807, 2.05) is 36.6 Å². The zero-order chi connectivity index (χ0) is 22.9. The highest BCUT2D eigenvalue weighted by Crippen LogP contribution is 2.34. The number of hydrogen-bond acceptors (Lipinski definition) is 4. The average molecular weight is 475 g/mol. The first-order chi connectivity index (χ1) is 14.5. The maximum Gasteiger partial charge on any atom is 0.417 e. The van der Waals surface area contributed by atoms with Crippen molar-refractivity contribution in [2.45, 2.75) is 33.0 Å². The first kappa shape index (κ1) is 23.6. The number of pyridine rings is 1. The zero-order valence-electron chi connectivity index (χ0n) is 17.4. The number of carbonyl (C=O) groups excluding carboxylic acids is 1. The summed E-state index contributed by atoms with van der Waals surface area (Å²) < 4.78 is 38.5. The third-order valence-corrected chi connectivity index (χ3v) is 5.95. The van der Waals surface area contributed by atoms with E-state index < -0.39 is 17.8 Å². The van der Waals surface area contributed by atoms with Gasteiger partial charge in [0.1, 0.15) is 5.82 Å². The maximum absolute atomic E-state index is 12.8. The van der Waals surface area contributed by atoms with Crippen LogP contribution in [0.25, 0.3) is 0 Å². The quantitative estimate of drug-likeness (QED) is 0.663. The molecule has 1 saturated heterocycles. The van der Waals surface area contributed by atoms with Crippen molar-refractivity contribution in [3.63, 3.8) is 0 Å². The molecule has 1 unspecified atom stereocenters. The van der Waals surface area contributed by atoms with Gasteiger partial charge >= 0.3 is 6.18 Å². The Kier molecular flexibility index (Phi) is 7.03. The van der Waals surface area contributed by atoms with Crippen LogP contribution in [0, 0.1) is 13.8 Å². The molecule has 0 aliphatic carbocycles. The summed E-state index contributed by atoms with van der Waals surface area (Å²) in [7, 11) is 0. The number of halogens is 5. The minimum absolute atomic E-state index is 0.0430. The van der Waals surface area contributed by atoms with Crippen LogP contribution in [0.5, 0.6) is 0 Å². The summed E-state index contributed by atoms with van der Waals surface area (Å²) in [6.45, 7) is 7.68. The molecule has 168 valence electrons. The second-order valence-electron chi connectivity index (χ2n) is 7.65. The molecule has 10 heteroatoms. The number of amides is 1. The van der Waals surface area contributed by atoms with Crippen molar-refractivity contribution < 1.29 is 18.0 Å². The Morgan fingerprint density at radius 2 is 1.74 bits per heavy atom. The Morgan fingerprint density at radius 1 is 1.10 bits per heavy atom. The summed E-state index contributed by atoms with van der Waals surface area (Å²) >= 11 is 12.3. The van der Waals surface area contributed by atoms with Gasteiger partial charge in [0, 0.05) is 32.4 Å². The van der Waals surface area contributed by atoms with Gasteiger partial charge in [-0.25, -0.2) is 4.98 Å². The van der Waals surface area contributed by atoms with Crippen molar-refractivity contribution >= 4 is 40.6 Å². The van der Waals surface area contributed by atoms with E-state index in [4.69, 9.17) is 23.2 Å². The molecule has 1 aliphatic heterocycles. The number of anilines is 2. The van der Waals surface area contributed by atoms with E-state index in [0.717, 1.165) is 23.4 Å². The van der Waals surface area contributed by atoms with Crippen LogP contribution >= 0.6 is 23.2 Å². The lowest BCUT2D eigenvalue weighted by Gasteiger charge is -2.38. The number of alkyl halides is 3. The van der Waals surface area contributed by atoms with Gasteiger partial charge in [-0.1, -0.05) is 29.3 Å². The molecule has 1 amide bonds. The molecule has 2 aromatic rings. The Balaban J connectivity index is 1.62. The van der Waals surface area contributed by atoms with E-state index in [1.165, 1.54) is 0 Å². The summed E-state index contributed by atoms with van der Waals surface area (Å²) in [5.41, 5.74) is 1.62. The molecular formula is C21H23Cl2F3N4O. The van der Waals surface area contributed by atoms with Crippen LogP contribution in [0.2, 0.25) is 10.0 Å². The fourth-order valence-electron chi connectivity index (χ4n) is 3.61. The molecule has 1 aromatic carbocycles. The van der Waals surface area contributed by atoms with Gasteiger partial charge in [-0.05, 0) is 44.0 Å². The van der Waals surface area contributed by atoms with Crippen LogP contribution in [0.3, 0.4) is 0 Å². The number of nitrogens with one attached hydrogen (secondary N) is 1. The lowest BCUT2D eigenvalue weighted by molar-refractivity contribution is -0.137. The Bertz CT molecular complexity index is 953. The second-order valence-corrected chi connectivity index (χ2v) is 8.47. The van der Waals surface area contributed by atoms with Gasteiger partial charge in [0.25, 0.3) is 0 Å². The monoisotopic (exact) mass is 474 g/mol. The number of piperazine rings is 1. The van der Waals surface area contributed by atoms with Gasteiger partial charge in [-0.15, -0.1) is 0 Å². The Hall–Kier alpha value is -2.03. The highest BCUT2D eigenvalue weighted by molar-refractivity contribution is 6.34. The molecule has 1 fully saturated rings. The lowest BCUT2D eigenvalue weighted by Crippen LogP contribution is -2.53. The Morgan fingerprint density at radius 3 is 2.29 bits per heavy atom. The highest BCUT2D eigenvalue weighted by Gasteiger charge is 2.33. The highest BCUT2D eigenvalue weighted by atomic mass is 35.5. The molecule has 5 nitrogen and oxygen atoms in total. The summed E-state index contributed by atoms with van der Waals surface area (Å²) in [4.78, 5) is 20.5. The first-order valence-electron chi connectivity index (χ1n) is 9.76. The number of nitrogens with zero attached hydrogens (tertiary/aromatic N) is 3. The van der Waals surface area contributed by atoms with Crippen molar-refractivity contribution in [1.82, 2.24) is 9.88 Å². The fourth-order valence-corrected chi connectivity index (χ4v) is 4.26. The molecule has 2 heterocycles. The van der Waals surface area contributed by atoms with Gasteiger partial charge in [0.15, 0.2) is 0 Å². The minimum Gasteiger partial charge on any atom is -0.353 e. The molecule has 3 rings (SSSR count). The summed E-state index contributed by atoms with van der Waals surface area (Å²) in [6.07, 6.45) is -3.70. The van der Waals surface area contributed by atoms with Crippen molar-refractivity contribution in [2.24, 2.45) is 0 Å². The van der Waals surface area contributed by atoms with Crippen LogP contribution in [-0.4, -0.2) is 48.0 Å². The summed E-state index contributed by atoms with van der Waals surface area (Å²) in [6, 6.07) is 4.23. The zero-order valence-corrected chi connectivity index (χ0v) is 18.9. The van der Waals surface area contributed by atoms with Crippen molar-refractivity contribution in [3.05, 3.63) is 51.1 Å². The largest absolute Gasteiger partial charge is 0.417 e. The summed E-state index contributed by atoms with van der Waals surface area (Å²) in [5.74, 6) is 0.140. The standard InChI is InChI=1S/C21H23Cl2F3N4O/c1-12-8-13(2)18(16(22)9-12)28-20(31)14(3)29-4-6-30(7-5-29)19-17(23)10-15(11-27-19)21(24,25)26/h8-11,14H,4-7H2,1-3H3,(H,28,31). The molecule has 1 N–H and O–H groups in total. The normalized spacial score (nSPS) is 16.3. The SMILES string of the molecule is Cc1cc(C)c(NC(=O)C(C)N2CCN(c3ncc(C(F)(F)F)cc3Cl)CC2)c(Cl)c1. The number of rotatable bonds is 4. The lowest BCUT2D eigenvalue weighted by atomic mass is 10.1. The molecule has 31 heavy (non-hydrogen) atoms. The van der Waals surface area contributed by atoms with Gasteiger partial charge in [0.05, 0.1) is 27.3 Å². The topological polar surface area (TPSA) is 48.5 Å². The van der Waals surface area contributed by atoms with E-state index in [-0.39, 0.29) is 10.9 Å². The van der Waals surface area contributed by atoms with Crippen molar-refractivity contribution in [2.75, 3.05) is 36.4 Å². The van der Waals surface area contributed by atoms with Crippen LogP contribution in [-0.2, 0) is 11.0 Å². The van der Waals surface area contributed by atoms with Gasteiger partial charge in [-0.2, -0.15) is 13.2 Å². The molecule has 1 aromatic heterocycles. The van der Waals surface area contributed by atoms with Gasteiger partial charge in [-0.3, -0.25) is 9.69 Å². The second kappa shape index (κ2) is 9.22. The number of aryl methyl sites for hydroxylation is 2. The van der Waals surface area contributed by atoms with Gasteiger partial charge in [0.2, 0.25) is 5.91 Å². The van der Waals surface area contributed by atoms with Crippen molar-refractivity contribution in [3.8, 4) is 0 Å². The molecule has 0 bridgehead atoms. The van der Waals surface area contributed by atoms with Crippen LogP contribution < -0.4 is 10.2 Å². The molecular weight excluding hydrogens is 452 g/mol. The third-order valence-electron chi connectivity index (χ3n) is 5.37. The predicted octanol–water partition coefficient (Wildman–Crippen LogP) is 5.17. The Labute approximate surface area is 189 Å². The molecule has 0 spiro atoms. The molecule has 1 atom stereocenters. The number of aromatic nitrogens is 1. The minimum atomic E-state index is -4.49. The molecule has 1 aliphatic rings. The number of carbonyl (C=O) groups is 1. The number of hydrogen-bond donors (Lipinski definition) is 1. The van der Waals surface area contributed by atoms with Crippen LogP contribution in [0.1, 0.15) is 23.6 Å². The van der Waals surface area contributed by atoms with E-state index in [2.05, 4.69) is 10.3 Å². The van der Waals surface area contributed by atoms with Crippen LogP contribution in [0.4, 0.5) is 24.7 Å². The average Bonchev–Trinajstić information content (AvgIpc) is 2.69. The number of benzene rings is 1. The van der Waals surface area contributed by atoms with Gasteiger partial charge < -0.3 is 10.2 Å². The maximum atomic E-state index is 12.8. The van der Waals surface area contributed by atoms with E-state index in [0.29, 0.717) is 42.7 Å².